The molecule has 1 atom stereocenters. The molecule has 4 rings (SSSR count). The molecule has 1 aromatic rings. The first-order valence-corrected chi connectivity index (χ1v) is 10.9. The monoisotopic (exact) mass is 408 g/mol. The highest BCUT2D eigenvalue weighted by Crippen LogP contribution is 2.34. The first-order chi connectivity index (χ1) is 14.1. The number of hydrogen-bond donors (Lipinski definition) is 1. The summed E-state index contributed by atoms with van der Waals surface area (Å²) in [6.07, 6.45) is 13.1. The van der Waals surface area contributed by atoms with Gasteiger partial charge in [-0.25, -0.2) is 4.99 Å². The Morgan fingerprint density at radius 3 is 2.69 bits per heavy atom. The number of carbonyl (C=O) groups excluding carboxylic acids is 2. The zero-order valence-electron chi connectivity index (χ0n) is 16.4. The molecule has 0 saturated heterocycles. The van der Waals surface area contributed by atoms with Crippen LogP contribution in [0.15, 0.2) is 58.0 Å². The lowest BCUT2D eigenvalue weighted by molar-refractivity contribution is -0.118. The zero-order valence-corrected chi connectivity index (χ0v) is 17.2. The molecule has 29 heavy (non-hydrogen) atoms. The lowest BCUT2D eigenvalue weighted by Crippen LogP contribution is -2.37. The normalized spacial score (nSPS) is 23.3. The number of methoxy groups -OCH3 is 1. The quantitative estimate of drug-likeness (QED) is 0.763. The van der Waals surface area contributed by atoms with Crippen molar-refractivity contribution < 1.29 is 14.3 Å². The fourth-order valence-electron chi connectivity index (χ4n) is 3.74. The summed E-state index contributed by atoms with van der Waals surface area (Å²) in [6, 6.07) is 7.79. The predicted molar refractivity (Wildman–Crippen MR) is 117 cm³/mol. The van der Waals surface area contributed by atoms with Crippen LogP contribution < -0.4 is 10.1 Å². The Morgan fingerprint density at radius 1 is 1.21 bits per heavy atom. The summed E-state index contributed by atoms with van der Waals surface area (Å²) >= 11 is 1.46. The second-order valence-corrected chi connectivity index (χ2v) is 8.61. The molecule has 1 heterocycles. The first kappa shape index (κ1) is 19.7. The van der Waals surface area contributed by atoms with E-state index < -0.39 is 0 Å². The van der Waals surface area contributed by atoms with E-state index in [1.54, 1.807) is 13.2 Å². The Hall–Kier alpha value is -2.60. The summed E-state index contributed by atoms with van der Waals surface area (Å²) in [5, 5.41) is 3.07. The molecule has 3 aliphatic rings. The van der Waals surface area contributed by atoms with E-state index in [9.17, 15) is 9.59 Å². The van der Waals surface area contributed by atoms with E-state index in [2.05, 4.69) is 10.3 Å². The van der Waals surface area contributed by atoms with Gasteiger partial charge in [0.2, 0.25) is 0 Å². The molecule has 0 radical (unpaired) electrons. The number of ether oxygens (including phenoxy) is 1. The van der Waals surface area contributed by atoms with E-state index in [1.807, 2.05) is 42.5 Å². The van der Waals surface area contributed by atoms with Crippen LogP contribution in [0.25, 0.3) is 6.08 Å². The van der Waals surface area contributed by atoms with Crippen LogP contribution in [0.2, 0.25) is 0 Å². The lowest BCUT2D eigenvalue weighted by Gasteiger charge is -2.25. The standard InChI is InChI=1S/C23H24N2O3S/c1-28-18-10-7-15(8-11-18)13-21-23(27)25-19-14-16(9-12-20(19)29-21)22(26)24-17-5-3-2-4-6-17/h7-14,17,20H,2-6H2,1H3,(H,24,26)/b21-13+. The van der Waals surface area contributed by atoms with Gasteiger partial charge >= 0.3 is 0 Å². The molecule has 150 valence electrons. The van der Waals surface area contributed by atoms with Crippen LogP contribution in [0.3, 0.4) is 0 Å². The number of allylic oxidation sites excluding steroid dienone is 1. The van der Waals surface area contributed by atoms with Crippen molar-refractivity contribution in [3.8, 4) is 5.75 Å². The number of aliphatic imine (C=N–C) groups is 1. The second-order valence-electron chi connectivity index (χ2n) is 7.43. The largest absolute Gasteiger partial charge is 0.497 e. The Morgan fingerprint density at radius 2 is 1.97 bits per heavy atom. The van der Waals surface area contributed by atoms with Gasteiger partial charge in [-0.05, 0) is 42.7 Å². The minimum absolute atomic E-state index is 0.0524. The fraction of sp³-hybridized carbons (Fsp3) is 0.348. The molecule has 1 unspecified atom stereocenters. The van der Waals surface area contributed by atoms with Crippen molar-refractivity contribution in [2.24, 2.45) is 4.99 Å². The van der Waals surface area contributed by atoms with Crippen LogP contribution >= 0.6 is 11.8 Å². The smallest absolute Gasteiger partial charge is 0.283 e. The number of carbonyl (C=O) groups is 2. The van der Waals surface area contributed by atoms with Crippen molar-refractivity contribution >= 4 is 35.4 Å². The minimum atomic E-state index is -0.268. The van der Waals surface area contributed by atoms with E-state index in [0.717, 1.165) is 24.2 Å². The average Bonchev–Trinajstić information content (AvgIpc) is 2.75. The molecular weight excluding hydrogens is 384 g/mol. The molecule has 0 spiro atoms. The number of benzene rings is 1. The number of thioether (sulfide) groups is 1. The number of fused-ring (bicyclic) bond motifs is 1. The molecule has 1 N–H and O–H groups in total. The molecule has 0 bridgehead atoms. The topological polar surface area (TPSA) is 67.8 Å². The van der Waals surface area contributed by atoms with Crippen LogP contribution in [0.5, 0.6) is 5.75 Å². The highest BCUT2D eigenvalue weighted by Gasteiger charge is 2.29. The summed E-state index contributed by atoms with van der Waals surface area (Å²) in [5.74, 6) is 0.427. The van der Waals surface area contributed by atoms with Crippen molar-refractivity contribution in [3.05, 3.63) is 58.5 Å². The third-order valence-electron chi connectivity index (χ3n) is 5.36. The molecule has 5 nitrogen and oxygen atoms in total. The maximum absolute atomic E-state index is 12.6. The molecule has 2 aliphatic carbocycles. The van der Waals surface area contributed by atoms with Gasteiger partial charge in [-0.2, -0.15) is 0 Å². The van der Waals surface area contributed by atoms with Gasteiger partial charge in [0, 0.05) is 11.6 Å². The summed E-state index contributed by atoms with van der Waals surface area (Å²) in [6.45, 7) is 0. The van der Waals surface area contributed by atoms with Crippen LogP contribution in [0, 0.1) is 0 Å². The second kappa shape index (κ2) is 8.82. The van der Waals surface area contributed by atoms with E-state index >= 15 is 0 Å². The van der Waals surface area contributed by atoms with Gasteiger partial charge in [-0.15, -0.1) is 11.8 Å². The molecule has 1 aromatic carbocycles. The van der Waals surface area contributed by atoms with Gasteiger partial charge in [0.05, 0.1) is 23.0 Å². The van der Waals surface area contributed by atoms with Gasteiger partial charge in [-0.3, -0.25) is 9.59 Å². The van der Waals surface area contributed by atoms with E-state index in [-0.39, 0.29) is 23.1 Å². The molecule has 6 heteroatoms. The summed E-state index contributed by atoms with van der Waals surface area (Å²) < 4.78 is 5.17. The van der Waals surface area contributed by atoms with Crippen molar-refractivity contribution in [2.45, 2.75) is 43.4 Å². The third kappa shape index (κ3) is 4.70. The third-order valence-corrected chi connectivity index (χ3v) is 6.56. The number of nitrogens with one attached hydrogen (secondary N) is 1. The van der Waals surface area contributed by atoms with Crippen molar-refractivity contribution in [1.29, 1.82) is 0 Å². The molecule has 0 aromatic heterocycles. The van der Waals surface area contributed by atoms with Crippen molar-refractivity contribution in [3.63, 3.8) is 0 Å². The summed E-state index contributed by atoms with van der Waals surface area (Å²) in [4.78, 5) is 29.9. The van der Waals surface area contributed by atoms with Crippen LogP contribution in [-0.2, 0) is 9.59 Å². The van der Waals surface area contributed by atoms with E-state index in [4.69, 9.17) is 4.74 Å². The van der Waals surface area contributed by atoms with Gasteiger partial charge < -0.3 is 10.1 Å². The average molecular weight is 409 g/mol. The highest BCUT2D eigenvalue weighted by atomic mass is 32.2. The Balaban J connectivity index is 1.47. The van der Waals surface area contributed by atoms with Crippen molar-refractivity contribution in [1.82, 2.24) is 5.32 Å². The number of nitrogens with zero attached hydrogens (tertiary/aromatic N) is 1. The first-order valence-electron chi connectivity index (χ1n) is 9.98. The van der Waals surface area contributed by atoms with Gasteiger partial charge in [0.15, 0.2) is 0 Å². The minimum Gasteiger partial charge on any atom is -0.497 e. The molecule has 2 amide bonds. The number of amides is 2. The summed E-state index contributed by atoms with van der Waals surface area (Å²) in [5.41, 5.74) is 2.13. The van der Waals surface area contributed by atoms with Crippen LogP contribution in [-0.4, -0.2) is 35.9 Å². The Labute approximate surface area is 175 Å². The Kier molecular flexibility index (Phi) is 6.00. The number of hydrogen-bond acceptors (Lipinski definition) is 4. The van der Waals surface area contributed by atoms with E-state index in [1.165, 1.54) is 31.0 Å². The zero-order chi connectivity index (χ0) is 20.2. The lowest BCUT2D eigenvalue weighted by atomic mass is 9.95. The summed E-state index contributed by atoms with van der Waals surface area (Å²) in [7, 11) is 1.62. The van der Waals surface area contributed by atoms with Gasteiger partial charge in [0.25, 0.3) is 11.8 Å². The SMILES string of the molecule is COc1ccc(/C=C2/SC3C=CC(C(=O)NC4CCCCC4)=CC3=NC2=O)cc1. The maximum atomic E-state index is 12.6. The number of rotatable bonds is 4. The molecule has 1 aliphatic heterocycles. The molecular formula is C23H24N2O3S. The maximum Gasteiger partial charge on any atom is 0.283 e. The van der Waals surface area contributed by atoms with Gasteiger partial charge in [-0.1, -0.05) is 43.5 Å². The van der Waals surface area contributed by atoms with Crippen LogP contribution in [0.1, 0.15) is 37.7 Å². The Bertz CT molecular complexity index is 922. The van der Waals surface area contributed by atoms with E-state index in [0.29, 0.717) is 16.2 Å². The predicted octanol–water partition coefficient (Wildman–Crippen LogP) is 4.06. The van der Waals surface area contributed by atoms with Crippen LogP contribution in [0.4, 0.5) is 0 Å². The highest BCUT2D eigenvalue weighted by molar-refractivity contribution is 8.05. The molecule has 1 saturated carbocycles. The molecule has 1 fully saturated rings. The fourth-order valence-corrected chi connectivity index (χ4v) is 4.76. The van der Waals surface area contributed by atoms with Gasteiger partial charge in [0.1, 0.15) is 5.75 Å². The van der Waals surface area contributed by atoms with Crippen molar-refractivity contribution in [2.75, 3.05) is 7.11 Å².